The molecule has 1 saturated carbocycles. The van der Waals surface area contributed by atoms with Gasteiger partial charge in [0.1, 0.15) is 0 Å². The van der Waals surface area contributed by atoms with E-state index in [0.717, 1.165) is 5.92 Å². The van der Waals surface area contributed by atoms with E-state index in [2.05, 4.69) is 16.9 Å². The fourth-order valence-corrected chi connectivity index (χ4v) is 1.59. The molecule has 0 aromatic rings. The van der Waals surface area contributed by atoms with Crippen LogP contribution in [0.2, 0.25) is 0 Å². The summed E-state index contributed by atoms with van der Waals surface area (Å²) < 4.78 is 0. The van der Waals surface area contributed by atoms with Crippen LogP contribution in [0.15, 0.2) is 22.5 Å². The van der Waals surface area contributed by atoms with Gasteiger partial charge in [0.05, 0.1) is 0 Å². The first kappa shape index (κ1) is 3.79. The molecule has 36 valence electrons. The van der Waals surface area contributed by atoms with Crippen LogP contribution in [0, 0.1) is 5.92 Å². The zero-order valence-electron chi connectivity index (χ0n) is 3.92. The van der Waals surface area contributed by atoms with Crippen molar-refractivity contribution in [1.29, 1.82) is 0 Å². The van der Waals surface area contributed by atoms with E-state index in [4.69, 9.17) is 0 Å². The summed E-state index contributed by atoms with van der Waals surface area (Å²) in [7, 11) is 0. The second-order valence-corrected chi connectivity index (χ2v) is 2.75. The van der Waals surface area contributed by atoms with Crippen molar-refractivity contribution in [2.75, 3.05) is 0 Å². The molecule has 0 saturated heterocycles. The standard InChI is InChI=1S/C6H6S/c1-2-7-4-6-3-5(1)6/h1-2,4-5H,3H2. The van der Waals surface area contributed by atoms with Crippen LogP contribution in [-0.2, 0) is 0 Å². The van der Waals surface area contributed by atoms with Crippen LogP contribution < -0.4 is 0 Å². The highest BCUT2D eigenvalue weighted by molar-refractivity contribution is 8.05. The third kappa shape index (κ3) is 0.520. The van der Waals surface area contributed by atoms with Crippen LogP contribution in [0.5, 0.6) is 0 Å². The second kappa shape index (κ2) is 1.16. The fourth-order valence-electron chi connectivity index (χ4n) is 0.789. The Kier molecular flexibility index (Phi) is 0.627. The van der Waals surface area contributed by atoms with Gasteiger partial charge in [-0.2, -0.15) is 0 Å². The molecule has 2 aliphatic rings. The van der Waals surface area contributed by atoms with Gasteiger partial charge >= 0.3 is 0 Å². The Hall–Kier alpha value is -0.170. The largest absolute Gasteiger partial charge is 0.106 e. The lowest BCUT2D eigenvalue weighted by molar-refractivity contribution is 1.17. The van der Waals surface area contributed by atoms with Gasteiger partial charge in [0.2, 0.25) is 0 Å². The van der Waals surface area contributed by atoms with E-state index in [1.165, 1.54) is 6.42 Å². The summed E-state index contributed by atoms with van der Waals surface area (Å²) in [5, 5.41) is 4.42. The molecular formula is C6H6S. The van der Waals surface area contributed by atoms with Crippen molar-refractivity contribution in [3.05, 3.63) is 22.5 Å². The van der Waals surface area contributed by atoms with Gasteiger partial charge in [-0.15, -0.1) is 11.8 Å². The van der Waals surface area contributed by atoms with Crippen molar-refractivity contribution >= 4 is 11.8 Å². The lowest BCUT2D eigenvalue weighted by Gasteiger charge is -1.86. The minimum Gasteiger partial charge on any atom is -0.106 e. The molecule has 1 atom stereocenters. The minimum absolute atomic E-state index is 0.862. The number of hydrogen-bond donors (Lipinski definition) is 0. The number of thioether (sulfide) groups is 1. The molecule has 1 aliphatic carbocycles. The number of rotatable bonds is 0. The van der Waals surface area contributed by atoms with Gasteiger partial charge in [-0.1, -0.05) is 11.6 Å². The smallest absolute Gasteiger partial charge is 0.00313 e. The van der Waals surface area contributed by atoms with Crippen LogP contribution >= 0.6 is 11.8 Å². The monoisotopic (exact) mass is 110 g/mol. The average Bonchev–Trinajstić information content (AvgIpc) is 2.41. The molecule has 0 nitrogen and oxygen atoms in total. The maximum atomic E-state index is 2.28. The number of hydrogen-bond acceptors (Lipinski definition) is 1. The molecule has 0 amide bonds. The van der Waals surface area contributed by atoms with E-state index in [0.29, 0.717) is 0 Å². The highest BCUT2D eigenvalue weighted by Crippen LogP contribution is 2.43. The molecule has 1 unspecified atom stereocenters. The molecule has 1 heterocycles. The molecule has 0 radical (unpaired) electrons. The zero-order valence-corrected chi connectivity index (χ0v) is 4.74. The Labute approximate surface area is 47.3 Å². The first-order valence-electron chi connectivity index (χ1n) is 2.48. The molecule has 1 fully saturated rings. The summed E-state index contributed by atoms with van der Waals surface area (Å²) in [6, 6.07) is 0. The van der Waals surface area contributed by atoms with Crippen molar-refractivity contribution in [3.8, 4) is 0 Å². The number of allylic oxidation sites excluding steroid dienone is 2. The van der Waals surface area contributed by atoms with Crippen LogP contribution in [0.4, 0.5) is 0 Å². The van der Waals surface area contributed by atoms with Gasteiger partial charge in [0.25, 0.3) is 0 Å². The van der Waals surface area contributed by atoms with E-state index in [1.54, 1.807) is 17.3 Å². The van der Waals surface area contributed by atoms with Crippen molar-refractivity contribution in [2.24, 2.45) is 5.92 Å². The quantitative estimate of drug-likeness (QED) is 0.460. The average molecular weight is 110 g/mol. The Morgan fingerprint density at radius 2 is 2.71 bits per heavy atom. The lowest BCUT2D eigenvalue weighted by atomic mass is 10.4. The van der Waals surface area contributed by atoms with Crippen LogP contribution in [0.25, 0.3) is 0 Å². The second-order valence-electron chi connectivity index (χ2n) is 1.97. The first-order chi connectivity index (χ1) is 3.47. The Bertz CT molecular complexity index is 144. The summed E-state index contributed by atoms with van der Waals surface area (Å²) in [5.74, 6) is 0.862. The molecular weight excluding hydrogens is 104 g/mol. The first-order valence-corrected chi connectivity index (χ1v) is 3.42. The molecule has 1 heteroatoms. The van der Waals surface area contributed by atoms with E-state index < -0.39 is 0 Å². The Morgan fingerprint density at radius 3 is 3.29 bits per heavy atom. The van der Waals surface area contributed by atoms with Crippen LogP contribution in [0.1, 0.15) is 6.42 Å². The van der Waals surface area contributed by atoms with Crippen molar-refractivity contribution in [3.63, 3.8) is 0 Å². The minimum atomic E-state index is 0.862. The highest BCUT2D eigenvalue weighted by Gasteiger charge is 2.27. The molecule has 2 rings (SSSR count). The Morgan fingerprint density at radius 1 is 1.71 bits per heavy atom. The van der Waals surface area contributed by atoms with Gasteiger partial charge in [-0.25, -0.2) is 0 Å². The van der Waals surface area contributed by atoms with E-state index >= 15 is 0 Å². The van der Waals surface area contributed by atoms with Crippen molar-refractivity contribution in [2.45, 2.75) is 6.42 Å². The maximum Gasteiger partial charge on any atom is 0.00313 e. The summed E-state index contributed by atoms with van der Waals surface area (Å²) in [6.45, 7) is 0. The molecule has 1 aliphatic heterocycles. The zero-order chi connectivity index (χ0) is 4.69. The van der Waals surface area contributed by atoms with Crippen molar-refractivity contribution < 1.29 is 0 Å². The van der Waals surface area contributed by atoms with E-state index in [1.807, 2.05) is 0 Å². The molecule has 0 aromatic carbocycles. The molecule has 0 bridgehead atoms. The third-order valence-corrected chi connectivity index (χ3v) is 2.13. The number of fused-ring (bicyclic) bond motifs is 1. The van der Waals surface area contributed by atoms with Gasteiger partial charge in [0.15, 0.2) is 0 Å². The molecule has 0 N–H and O–H groups in total. The summed E-state index contributed by atoms with van der Waals surface area (Å²) >= 11 is 1.80. The van der Waals surface area contributed by atoms with Gasteiger partial charge in [-0.3, -0.25) is 0 Å². The topological polar surface area (TPSA) is 0 Å². The third-order valence-electron chi connectivity index (χ3n) is 1.38. The van der Waals surface area contributed by atoms with Gasteiger partial charge < -0.3 is 0 Å². The van der Waals surface area contributed by atoms with E-state index in [9.17, 15) is 0 Å². The van der Waals surface area contributed by atoms with Crippen LogP contribution in [-0.4, -0.2) is 0 Å². The van der Waals surface area contributed by atoms with Crippen molar-refractivity contribution in [1.82, 2.24) is 0 Å². The summed E-state index contributed by atoms with van der Waals surface area (Å²) in [5.41, 5.74) is 1.63. The normalized spacial score (nSPS) is 34.3. The van der Waals surface area contributed by atoms with Gasteiger partial charge in [-0.05, 0) is 17.2 Å². The molecule has 0 aromatic heterocycles. The highest BCUT2D eigenvalue weighted by atomic mass is 32.2. The SMILES string of the molecule is C1=CC2CC2=CS1. The lowest BCUT2D eigenvalue weighted by Crippen LogP contribution is -1.64. The molecule has 7 heavy (non-hydrogen) atoms. The van der Waals surface area contributed by atoms with E-state index in [-0.39, 0.29) is 0 Å². The predicted molar refractivity (Wildman–Crippen MR) is 32.9 cm³/mol. The summed E-state index contributed by atoms with van der Waals surface area (Å²) in [6.07, 6.45) is 3.61. The van der Waals surface area contributed by atoms with Gasteiger partial charge in [0, 0.05) is 5.92 Å². The predicted octanol–water partition coefficient (Wildman–Crippen LogP) is 2.15. The summed E-state index contributed by atoms with van der Waals surface area (Å²) in [4.78, 5) is 0. The molecule has 0 spiro atoms. The maximum absolute atomic E-state index is 2.28. The van der Waals surface area contributed by atoms with Crippen LogP contribution in [0.3, 0.4) is 0 Å². The Balaban J connectivity index is 2.30. The fraction of sp³-hybridized carbons (Fsp3) is 0.333.